The lowest BCUT2D eigenvalue weighted by Gasteiger charge is -2.27. The van der Waals surface area contributed by atoms with Crippen LogP contribution in [-0.4, -0.2) is 43.8 Å². The monoisotopic (exact) mass is 222 g/mol. The van der Waals surface area contributed by atoms with Crippen molar-refractivity contribution in [2.45, 2.75) is 19.5 Å². The zero-order chi connectivity index (χ0) is 11.3. The van der Waals surface area contributed by atoms with Crippen molar-refractivity contribution in [3.8, 4) is 0 Å². The fourth-order valence-electron chi connectivity index (χ4n) is 1.59. The second-order valence-electron chi connectivity index (χ2n) is 3.63. The first-order valence-corrected chi connectivity index (χ1v) is 5.23. The molecular formula is C10H17F3N2. The van der Waals surface area contributed by atoms with Gasteiger partial charge in [0.1, 0.15) is 0 Å². The molecule has 88 valence electrons. The Morgan fingerprint density at radius 1 is 1.47 bits per heavy atom. The van der Waals surface area contributed by atoms with E-state index in [1.54, 1.807) is 0 Å². The number of halogens is 3. The molecule has 1 heterocycles. The van der Waals surface area contributed by atoms with Gasteiger partial charge in [-0.25, -0.2) is 0 Å². The van der Waals surface area contributed by atoms with Gasteiger partial charge >= 0.3 is 6.18 Å². The van der Waals surface area contributed by atoms with Crippen molar-refractivity contribution in [1.82, 2.24) is 10.2 Å². The fraction of sp³-hybridized carbons (Fsp3) is 0.800. The highest BCUT2D eigenvalue weighted by Gasteiger charge is 2.34. The SMILES string of the molecule is CCNCCN1CC=C(C(F)(F)F)CC1. The number of hydrogen-bond donors (Lipinski definition) is 1. The lowest BCUT2D eigenvalue weighted by atomic mass is 10.1. The standard InChI is InChI=1S/C10H17F3N2/c1-2-14-5-8-15-6-3-9(4-7-15)10(11,12)13/h3,14H,2,4-8H2,1H3. The summed E-state index contributed by atoms with van der Waals surface area (Å²) >= 11 is 0. The molecule has 15 heavy (non-hydrogen) atoms. The van der Waals surface area contributed by atoms with Crippen molar-refractivity contribution in [2.75, 3.05) is 32.7 Å². The first-order valence-electron chi connectivity index (χ1n) is 5.23. The van der Waals surface area contributed by atoms with Crippen LogP contribution < -0.4 is 5.32 Å². The lowest BCUT2D eigenvalue weighted by Crippen LogP contribution is -2.36. The predicted molar refractivity (Wildman–Crippen MR) is 53.7 cm³/mol. The van der Waals surface area contributed by atoms with Crippen molar-refractivity contribution < 1.29 is 13.2 Å². The first kappa shape index (κ1) is 12.5. The van der Waals surface area contributed by atoms with Gasteiger partial charge in [-0.3, -0.25) is 4.90 Å². The van der Waals surface area contributed by atoms with Crippen LogP contribution in [0.1, 0.15) is 13.3 Å². The summed E-state index contributed by atoms with van der Waals surface area (Å²) in [6.07, 6.45) is -2.71. The molecule has 1 rings (SSSR count). The average Bonchev–Trinajstić information content (AvgIpc) is 2.18. The highest BCUT2D eigenvalue weighted by Crippen LogP contribution is 2.29. The van der Waals surface area contributed by atoms with Gasteiger partial charge in [0.15, 0.2) is 0 Å². The van der Waals surface area contributed by atoms with Gasteiger partial charge in [0, 0.05) is 31.8 Å². The molecule has 0 aromatic rings. The lowest BCUT2D eigenvalue weighted by molar-refractivity contribution is -0.0959. The Morgan fingerprint density at radius 2 is 2.20 bits per heavy atom. The van der Waals surface area contributed by atoms with Crippen LogP contribution in [0.2, 0.25) is 0 Å². The van der Waals surface area contributed by atoms with E-state index in [1.807, 2.05) is 11.8 Å². The second kappa shape index (κ2) is 5.51. The summed E-state index contributed by atoms with van der Waals surface area (Å²) in [6, 6.07) is 0. The second-order valence-corrected chi connectivity index (χ2v) is 3.63. The van der Waals surface area contributed by atoms with Gasteiger partial charge < -0.3 is 5.32 Å². The minimum Gasteiger partial charge on any atom is -0.316 e. The Hall–Kier alpha value is -0.550. The molecule has 0 saturated carbocycles. The van der Waals surface area contributed by atoms with Crippen LogP contribution in [0.5, 0.6) is 0 Å². The Labute approximate surface area is 88.1 Å². The van der Waals surface area contributed by atoms with Crippen LogP contribution in [0.25, 0.3) is 0 Å². The van der Waals surface area contributed by atoms with E-state index in [9.17, 15) is 13.2 Å². The molecule has 2 nitrogen and oxygen atoms in total. The van der Waals surface area contributed by atoms with Crippen LogP contribution >= 0.6 is 0 Å². The summed E-state index contributed by atoms with van der Waals surface area (Å²) in [7, 11) is 0. The number of nitrogens with one attached hydrogen (secondary N) is 1. The van der Waals surface area contributed by atoms with Crippen LogP contribution in [-0.2, 0) is 0 Å². The van der Waals surface area contributed by atoms with Gasteiger partial charge in [0.05, 0.1) is 0 Å². The smallest absolute Gasteiger partial charge is 0.316 e. The summed E-state index contributed by atoms with van der Waals surface area (Å²) in [6.45, 7) is 5.49. The molecule has 1 N–H and O–H groups in total. The molecule has 0 bridgehead atoms. The van der Waals surface area contributed by atoms with E-state index in [0.29, 0.717) is 13.1 Å². The van der Waals surface area contributed by atoms with Gasteiger partial charge in [0.25, 0.3) is 0 Å². The minimum atomic E-state index is -4.13. The first-order chi connectivity index (χ1) is 7.04. The highest BCUT2D eigenvalue weighted by atomic mass is 19.4. The minimum absolute atomic E-state index is 0.121. The van der Waals surface area contributed by atoms with Crippen LogP contribution in [0.4, 0.5) is 13.2 Å². The average molecular weight is 222 g/mol. The molecule has 0 radical (unpaired) electrons. The van der Waals surface area contributed by atoms with Gasteiger partial charge in [-0.15, -0.1) is 0 Å². The summed E-state index contributed by atoms with van der Waals surface area (Å²) in [5.41, 5.74) is -0.373. The Bertz CT molecular complexity index is 223. The van der Waals surface area contributed by atoms with Crippen molar-refractivity contribution in [3.05, 3.63) is 11.6 Å². The molecule has 0 fully saturated rings. The largest absolute Gasteiger partial charge is 0.412 e. The van der Waals surface area contributed by atoms with Gasteiger partial charge in [0.2, 0.25) is 0 Å². The molecule has 0 saturated heterocycles. The third-order valence-electron chi connectivity index (χ3n) is 2.51. The third kappa shape index (κ3) is 4.22. The number of likely N-dealkylation sites (N-methyl/N-ethyl adjacent to an activating group) is 1. The number of nitrogens with zero attached hydrogens (tertiary/aromatic N) is 1. The molecule has 0 aromatic carbocycles. The van der Waals surface area contributed by atoms with Gasteiger partial charge in [-0.05, 0) is 13.0 Å². The van der Waals surface area contributed by atoms with E-state index in [4.69, 9.17) is 0 Å². The van der Waals surface area contributed by atoms with E-state index in [-0.39, 0.29) is 12.0 Å². The number of alkyl halides is 3. The molecule has 0 unspecified atom stereocenters. The van der Waals surface area contributed by atoms with Gasteiger partial charge in [-0.1, -0.05) is 13.0 Å². The van der Waals surface area contributed by atoms with Crippen molar-refractivity contribution in [3.63, 3.8) is 0 Å². The molecular weight excluding hydrogens is 205 g/mol. The molecule has 0 atom stereocenters. The van der Waals surface area contributed by atoms with Crippen molar-refractivity contribution in [1.29, 1.82) is 0 Å². The number of hydrogen-bond acceptors (Lipinski definition) is 2. The maximum atomic E-state index is 12.3. The van der Waals surface area contributed by atoms with E-state index < -0.39 is 6.18 Å². The quantitative estimate of drug-likeness (QED) is 0.576. The third-order valence-corrected chi connectivity index (χ3v) is 2.51. The fourth-order valence-corrected chi connectivity index (χ4v) is 1.59. The summed E-state index contributed by atoms with van der Waals surface area (Å²) in [4.78, 5) is 2.03. The predicted octanol–water partition coefficient (Wildman–Crippen LogP) is 1.79. The van der Waals surface area contributed by atoms with E-state index in [2.05, 4.69) is 5.32 Å². The maximum Gasteiger partial charge on any atom is 0.412 e. The molecule has 0 aliphatic carbocycles. The summed E-state index contributed by atoms with van der Waals surface area (Å²) in [5, 5.41) is 3.15. The van der Waals surface area contributed by atoms with Crippen molar-refractivity contribution >= 4 is 0 Å². The molecule has 1 aliphatic heterocycles. The topological polar surface area (TPSA) is 15.3 Å². The maximum absolute atomic E-state index is 12.3. The van der Waals surface area contributed by atoms with E-state index >= 15 is 0 Å². The van der Waals surface area contributed by atoms with Crippen LogP contribution in [0.3, 0.4) is 0 Å². The van der Waals surface area contributed by atoms with E-state index in [0.717, 1.165) is 19.6 Å². The molecule has 5 heteroatoms. The Kier molecular flexibility index (Phi) is 4.60. The van der Waals surface area contributed by atoms with Crippen LogP contribution in [0.15, 0.2) is 11.6 Å². The number of rotatable bonds is 4. The normalized spacial score (nSPS) is 19.1. The zero-order valence-corrected chi connectivity index (χ0v) is 8.90. The summed E-state index contributed by atoms with van der Waals surface area (Å²) in [5.74, 6) is 0. The molecule has 1 aliphatic rings. The Balaban J connectivity index is 2.31. The molecule has 0 amide bonds. The van der Waals surface area contributed by atoms with Crippen molar-refractivity contribution in [2.24, 2.45) is 0 Å². The Morgan fingerprint density at radius 3 is 2.67 bits per heavy atom. The summed E-state index contributed by atoms with van der Waals surface area (Å²) < 4.78 is 36.8. The molecule has 0 spiro atoms. The van der Waals surface area contributed by atoms with Crippen LogP contribution in [0, 0.1) is 0 Å². The highest BCUT2D eigenvalue weighted by molar-refractivity contribution is 5.12. The van der Waals surface area contributed by atoms with Gasteiger partial charge in [-0.2, -0.15) is 13.2 Å². The molecule has 0 aromatic heterocycles. The zero-order valence-electron chi connectivity index (χ0n) is 8.90. The van der Waals surface area contributed by atoms with E-state index in [1.165, 1.54) is 6.08 Å².